The number of carbonyl (C=O) groups excluding carboxylic acids is 2. The van der Waals surface area contributed by atoms with E-state index < -0.39 is 18.0 Å². The first-order valence-electron chi connectivity index (χ1n) is 8.83. The number of fused-ring (bicyclic) bond motifs is 1. The number of rotatable bonds is 8. The zero-order valence-corrected chi connectivity index (χ0v) is 17.4. The molecule has 1 aliphatic heterocycles. The van der Waals surface area contributed by atoms with Crippen molar-refractivity contribution in [1.82, 2.24) is 4.57 Å². The zero-order valence-electron chi connectivity index (χ0n) is 15.8. The minimum atomic E-state index is -1.16. The molecule has 3 rings (SSSR count). The first-order chi connectivity index (χ1) is 13.1. The number of benzene rings is 1. The Morgan fingerprint density at radius 3 is 2.79 bits per heavy atom. The van der Waals surface area contributed by atoms with E-state index in [0.717, 1.165) is 12.8 Å². The van der Waals surface area contributed by atoms with Gasteiger partial charge in [-0.15, -0.1) is 0 Å². The molecule has 2 aromatic rings. The summed E-state index contributed by atoms with van der Waals surface area (Å²) in [7, 11) is 1.85. The van der Waals surface area contributed by atoms with Crippen molar-refractivity contribution in [2.75, 3.05) is 13.4 Å². The lowest BCUT2D eigenvalue weighted by molar-refractivity contribution is -0.685. The van der Waals surface area contributed by atoms with Gasteiger partial charge in [-0.25, -0.2) is 18.7 Å². The molecule has 0 aliphatic carbocycles. The monoisotopic (exact) mass is 454 g/mol. The number of aryl methyl sites for hydroxylation is 1. The molecule has 1 unspecified atom stereocenters. The summed E-state index contributed by atoms with van der Waals surface area (Å²) in [5, 5.41) is 0. The molecule has 1 atom stereocenters. The van der Waals surface area contributed by atoms with Crippen molar-refractivity contribution in [2.45, 2.75) is 32.4 Å². The van der Waals surface area contributed by atoms with Gasteiger partial charge in [0.2, 0.25) is 19.2 Å². The van der Waals surface area contributed by atoms with Crippen LogP contribution in [0.5, 0.6) is 11.5 Å². The highest BCUT2D eigenvalue weighted by atomic mass is 79.9. The number of ether oxygens (including phenoxy) is 4. The first-order valence-corrected chi connectivity index (χ1v) is 8.83. The summed E-state index contributed by atoms with van der Waals surface area (Å²) in [5.41, 5.74) is 0.479. The minimum absolute atomic E-state index is 0. The Kier molecular flexibility index (Phi) is 7.86. The Morgan fingerprint density at radius 2 is 2.07 bits per heavy atom. The third-order valence-corrected chi connectivity index (χ3v) is 4.04. The number of nitrogens with zero attached hydrogens (tertiary/aromatic N) is 2. The van der Waals surface area contributed by atoms with Gasteiger partial charge in [-0.05, 0) is 18.6 Å². The smallest absolute Gasteiger partial charge is 0.352 e. The quantitative estimate of drug-likeness (QED) is 0.279. The number of aromatic nitrogens is 2. The average Bonchev–Trinajstić information content (AvgIpc) is 3.27. The van der Waals surface area contributed by atoms with Gasteiger partial charge in [0.25, 0.3) is 0 Å². The van der Waals surface area contributed by atoms with Crippen molar-refractivity contribution < 1.29 is 50.1 Å². The molecule has 0 N–H and O–H groups in total. The normalized spacial score (nSPS) is 12.8. The summed E-state index contributed by atoms with van der Waals surface area (Å²) in [5.74, 6) is -0.0506. The highest BCUT2D eigenvalue weighted by molar-refractivity contribution is 5.80. The van der Waals surface area contributed by atoms with Crippen LogP contribution < -0.4 is 31.0 Å². The highest BCUT2D eigenvalue weighted by Crippen LogP contribution is 2.35. The molecule has 28 heavy (non-hydrogen) atoms. The van der Waals surface area contributed by atoms with Gasteiger partial charge < -0.3 is 35.9 Å². The lowest BCUT2D eigenvalue weighted by atomic mass is 10.1. The molecular weight excluding hydrogens is 432 g/mol. The third kappa shape index (κ3) is 5.48. The summed E-state index contributed by atoms with van der Waals surface area (Å²) in [6.07, 6.45) is 5.78. The molecule has 1 aromatic heterocycles. The molecule has 0 radical (unpaired) electrons. The SMILES string of the molecule is CCCCOC(=O)C(OC(=O)C[n+]1ccn(C)c1)c1ccc2c(c1)OCO2.[Br-]. The largest absolute Gasteiger partial charge is 1.00 e. The van der Waals surface area contributed by atoms with Crippen LogP contribution in [0.25, 0.3) is 0 Å². The fraction of sp³-hybridized carbons (Fsp3) is 0.421. The van der Waals surface area contributed by atoms with Gasteiger partial charge in [0, 0.05) is 5.56 Å². The number of carbonyl (C=O) groups is 2. The molecular formula is C19H23BrN2O6. The highest BCUT2D eigenvalue weighted by Gasteiger charge is 2.29. The Balaban J connectivity index is 0.00000280. The summed E-state index contributed by atoms with van der Waals surface area (Å²) in [4.78, 5) is 24.9. The van der Waals surface area contributed by atoms with E-state index in [-0.39, 0.29) is 36.9 Å². The van der Waals surface area contributed by atoms with Gasteiger partial charge in [0.1, 0.15) is 12.4 Å². The topological polar surface area (TPSA) is 79.9 Å². The average molecular weight is 455 g/mol. The number of imidazole rings is 1. The van der Waals surface area contributed by atoms with Crippen molar-refractivity contribution in [3.63, 3.8) is 0 Å². The van der Waals surface area contributed by atoms with Crippen LogP contribution in [0, 0.1) is 0 Å². The van der Waals surface area contributed by atoms with Crippen molar-refractivity contribution >= 4 is 11.9 Å². The van der Waals surface area contributed by atoms with Crippen LogP contribution in [0.3, 0.4) is 0 Å². The lowest BCUT2D eigenvalue weighted by Crippen LogP contribution is -3.00. The fourth-order valence-electron chi connectivity index (χ4n) is 2.63. The van der Waals surface area contributed by atoms with E-state index in [0.29, 0.717) is 17.1 Å². The minimum Gasteiger partial charge on any atom is -1.00 e. The van der Waals surface area contributed by atoms with Gasteiger partial charge in [-0.2, -0.15) is 0 Å². The Morgan fingerprint density at radius 1 is 1.29 bits per heavy atom. The van der Waals surface area contributed by atoms with Crippen molar-refractivity contribution in [1.29, 1.82) is 0 Å². The van der Waals surface area contributed by atoms with Gasteiger partial charge in [-0.3, -0.25) is 0 Å². The molecule has 1 aromatic carbocycles. The Bertz CT molecular complexity index is 823. The van der Waals surface area contributed by atoms with E-state index in [2.05, 4.69) is 0 Å². The lowest BCUT2D eigenvalue weighted by Gasteiger charge is -2.17. The van der Waals surface area contributed by atoms with Gasteiger partial charge >= 0.3 is 11.9 Å². The standard InChI is InChI=1S/C19H23N2O6.BrH/c1-3-4-9-24-19(23)18(14-5-6-15-16(10-14)26-13-25-15)27-17(22)11-21-8-7-20(2)12-21;/h5-8,10,12,18H,3-4,9,11,13H2,1-2H3;1H/q+1;/p-1. The van der Waals surface area contributed by atoms with E-state index in [1.807, 2.05) is 24.7 Å². The van der Waals surface area contributed by atoms with Crippen molar-refractivity contribution in [2.24, 2.45) is 7.05 Å². The number of halogens is 1. The molecule has 0 saturated carbocycles. The molecule has 8 nitrogen and oxygen atoms in total. The molecule has 0 bridgehead atoms. The maximum Gasteiger partial charge on any atom is 0.352 e. The van der Waals surface area contributed by atoms with Gasteiger partial charge in [-0.1, -0.05) is 19.4 Å². The van der Waals surface area contributed by atoms with Crippen LogP contribution in [-0.2, 0) is 32.7 Å². The Labute approximate surface area is 173 Å². The molecule has 1 aliphatic rings. The van der Waals surface area contributed by atoms with E-state index >= 15 is 0 Å². The number of esters is 2. The molecule has 0 amide bonds. The van der Waals surface area contributed by atoms with Crippen LogP contribution in [0.15, 0.2) is 36.9 Å². The first kappa shape index (κ1) is 21.7. The van der Waals surface area contributed by atoms with Gasteiger partial charge in [0.05, 0.1) is 13.7 Å². The van der Waals surface area contributed by atoms with Crippen LogP contribution in [0.2, 0.25) is 0 Å². The van der Waals surface area contributed by atoms with E-state index in [1.165, 1.54) is 0 Å². The summed E-state index contributed by atoms with van der Waals surface area (Å²) in [6.45, 7) is 2.39. The van der Waals surface area contributed by atoms with E-state index in [9.17, 15) is 9.59 Å². The predicted octanol–water partition coefficient (Wildman–Crippen LogP) is -1.33. The van der Waals surface area contributed by atoms with E-state index in [1.54, 1.807) is 35.3 Å². The van der Waals surface area contributed by atoms with Crippen LogP contribution in [0.4, 0.5) is 0 Å². The third-order valence-electron chi connectivity index (χ3n) is 4.04. The Hall–Kier alpha value is -2.55. The zero-order chi connectivity index (χ0) is 19.2. The number of unbranched alkanes of at least 4 members (excludes halogenated alkanes) is 1. The number of hydrogen-bond donors (Lipinski definition) is 0. The van der Waals surface area contributed by atoms with Crippen LogP contribution in [0.1, 0.15) is 31.4 Å². The second-order valence-electron chi connectivity index (χ2n) is 6.26. The number of hydrogen-bond acceptors (Lipinski definition) is 6. The van der Waals surface area contributed by atoms with Crippen LogP contribution in [-0.4, -0.2) is 29.9 Å². The second-order valence-corrected chi connectivity index (χ2v) is 6.26. The van der Waals surface area contributed by atoms with Gasteiger partial charge in [0.15, 0.2) is 18.0 Å². The van der Waals surface area contributed by atoms with E-state index in [4.69, 9.17) is 18.9 Å². The molecule has 152 valence electrons. The maximum atomic E-state index is 12.5. The maximum absolute atomic E-state index is 12.5. The molecule has 0 fully saturated rings. The van der Waals surface area contributed by atoms with Crippen molar-refractivity contribution in [3.05, 3.63) is 42.5 Å². The fourth-order valence-corrected chi connectivity index (χ4v) is 2.63. The summed E-state index contributed by atoms with van der Waals surface area (Å²) in [6, 6.07) is 4.99. The summed E-state index contributed by atoms with van der Waals surface area (Å²) >= 11 is 0. The van der Waals surface area contributed by atoms with Crippen molar-refractivity contribution in [3.8, 4) is 11.5 Å². The summed E-state index contributed by atoms with van der Waals surface area (Å²) < 4.78 is 24.8. The molecule has 9 heteroatoms. The second kappa shape index (κ2) is 10.1. The predicted molar refractivity (Wildman–Crippen MR) is 92.9 cm³/mol. The molecule has 2 heterocycles. The molecule has 0 saturated heterocycles. The van der Waals surface area contributed by atoms with Crippen LogP contribution >= 0.6 is 0 Å². The molecule has 0 spiro atoms.